The number of aryl methyl sites for hydroxylation is 1. The summed E-state index contributed by atoms with van der Waals surface area (Å²) in [7, 11) is 0. The Kier molecular flexibility index (Phi) is 5.37. The first kappa shape index (κ1) is 13.4. The molecule has 0 spiro atoms. The molecule has 0 radical (unpaired) electrons. The first-order valence-corrected chi connectivity index (χ1v) is 5.75. The average Bonchev–Trinajstić information content (AvgIpc) is 2.32. The Morgan fingerprint density at radius 2 is 2.29 bits per heavy atom. The molecule has 0 amide bonds. The molecule has 0 bridgehead atoms. The number of rotatable bonds is 5. The lowest BCUT2D eigenvalue weighted by Gasteiger charge is -2.11. The van der Waals surface area contributed by atoms with Crippen LogP contribution in [-0.2, 0) is 6.54 Å². The van der Waals surface area contributed by atoms with Crippen molar-refractivity contribution in [3.05, 3.63) is 71.1 Å². The van der Waals surface area contributed by atoms with E-state index < -0.39 is 0 Å². The second kappa shape index (κ2) is 6.81. The zero-order valence-corrected chi connectivity index (χ0v) is 10.7. The first-order valence-electron chi connectivity index (χ1n) is 5.38. The van der Waals surface area contributed by atoms with Gasteiger partial charge in [-0.05, 0) is 48.5 Å². The van der Waals surface area contributed by atoms with Crippen molar-refractivity contribution in [1.29, 1.82) is 0 Å². The third-order valence-electron chi connectivity index (χ3n) is 2.43. The normalized spacial score (nSPS) is 11.8. The molecule has 0 unspecified atom stereocenters. The van der Waals surface area contributed by atoms with Gasteiger partial charge in [0.15, 0.2) is 0 Å². The monoisotopic (exact) mass is 248 g/mol. The molecule has 2 nitrogen and oxygen atoms in total. The average molecular weight is 249 g/mol. The van der Waals surface area contributed by atoms with Crippen LogP contribution in [0.3, 0.4) is 0 Å². The molecule has 1 rings (SSSR count). The van der Waals surface area contributed by atoms with E-state index in [-0.39, 0.29) is 0 Å². The number of nitrogens with one attached hydrogen (secondary N) is 1. The summed E-state index contributed by atoms with van der Waals surface area (Å²) in [5, 5.41) is 4.03. The summed E-state index contributed by atoms with van der Waals surface area (Å²) in [4.78, 5) is 0. The van der Waals surface area contributed by atoms with Gasteiger partial charge in [0, 0.05) is 17.3 Å². The smallest absolute Gasteiger partial charge is 0.0458 e. The largest absolute Gasteiger partial charge is 0.405 e. The molecular weight excluding hydrogens is 232 g/mol. The van der Waals surface area contributed by atoms with Crippen LogP contribution in [-0.4, -0.2) is 0 Å². The molecule has 0 saturated carbocycles. The number of benzene rings is 1. The van der Waals surface area contributed by atoms with Crippen molar-refractivity contribution in [2.24, 2.45) is 5.73 Å². The number of hydrogen-bond acceptors (Lipinski definition) is 2. The molecular formula is C14H17ClN2. The molecule has 0 atom stereocenters. The minimum absolute atomic E-state index is 0.668. The van der Waals surface area contributed by atoms with Crippen LogP contribution in [0.25, 0.3) is 0 Å². The fourth-order valence-electron chi connectivity index (χ4n) is 1.44. The highest BCUT2D eigenvalue weighted by Gasteiger charge is 2.02. The zero-order valence-electron chi connectivity index (χ0n) is 9.91. The van der Waals surface area contributed by atoms with Gasteiger partial charge in [-0.1, -0.05) is 30.3 Å². The molecule has 0 saturated heterocycles. The highest BCUT2D eigenvalue weighted by Crippen LogP contribution is 2.19. The van der Waals surface area contributed by atoms with Crippen LogP contribution >= 0.6 is 11.6 Å². The lowest BCUT2D eigenvalue weighted by molar-refractivity contribution is 0.828. The van der Waals surface area contributed by atoms with Gasteiger partial charge in [-0.2, -0.15) is 0 Å². The lowest BCUT2D eigenvalue weighted by Crippen LogP contribution is -2.12. The predicted octanol–water partition coefficient (Wildman–Crippen LogP) is 3.28. The number of allylic oxidation sites excluding steroid dienone is 3. The Labute approximate surface area is 107 Å². The highest BCUT2D eigenvalue weighted by molar-refractivity contribution is 6.31. The van der Waals surface area contributed by atoms with Crippen LogP contribution in [0.15, 0.2) is 54.9 Å². The lowest BCUT2D eigenvalue weighted by atomic mass is 10.1. The van der Waals surface area contributed by atoms with E-state index >= 15 is 0 Å². The molecule has 1 aromatic carbocycles. The standard InChI is InChI=1S/C14H17ClN2/c1-3-12(7-5-9-16)17-10-13-11(2)6-4-8-14(13)15/h3-9,17H,1,10,16H2,2H3/b9-5-,12-7+. The van der Waals surface area contributed by atoms with E-state index in [1.165, 1.54) is 11.8 Å². The van der Waals surface area contributed by atoms with Crippen molar-refractivity contribution < 1.29 is 0 Å². The Hall–Kier alpha value is -1.67. The SMILES string of the molecule is C=C/C(=C\C=C/N)NCc1c(C)cccc1Cl. The van der Waals surface area contributed by atoms with Crippen LogP contribution in [0.2, 0.25) is 5.02 Å². The van der Waals surface area contributed by atoms with Gasteiger partial charge in [-0.3, -0.25) is 0 Å². The van der Waals surface area contributed by atoms with Crippen molar-refractivity contribution in [2.75, 3.05) is 0 Å². The fraction of sp³-hybridized carbons (Fsp3) is 0.143. The maximum Gasteiger partial charge on any atom is 0.0458 e. The van der Waals surface area contributed by atoms with Gasteiger partial charge in [0.2, 0.25) is 0 Å². The second-order valence-electron chi connectivity index (χ2n) is 3.60. The van der Waals surface area contributed by atoms with Crippen LogP contribution in [0.1, 0.15) is 11.1 Å². The third kappa shape index (κ3) is 4.00. The van der Waals surface area contributed by atoms with E-state index in [0.717, 1.165) is 16.3 Å². The summed E-state index contributed by atoms with van der Waals surface area (Å²) in [5.74, 6) is 0. The van der Waals surface area contributed by atoms with Crippen molar-refractivity contribution in [2.45, 2.75) is 13.5 Å². The maximum absolute atomic E-state index is 6.14. The minimum Gasteiger partial charge on any atom is -0.405 e. The summed E-state index contributed by atoms with van der Waals surface area (Å²) in [5.41, 5.74) is 8.45. The number of halogens is 1. The summed E-state index contributed by atoms with van der Waals surface area (Å²) in [6.45, 7) is 6.44. The summed E-state index contributed by atoms with van der Waals surface area (Å²) < 4.78 is 0. The van der Waals surface area contributed by atoms with E-state index in [4.69, 9.17) is 17.3 Å². The molecule has 17 heavy (non-hydrogen) atoms. The maximum atomic E-state index is 6.14. The van der Waals surface area contributed by atoms with Crippen LogP contribution in [0.5, 0.6) is 0 Å². The van der Waals surface area contributed by atoms with Gasteiger partial charge in [0.05, 0.1) is 0 Å². The Morgan fingerprint density at radius 1 is 1.53 bits per heavy atom. The van der Waals surface area contributed by atoms with Crippen molar-refractivity contribution in [1.82, 2.24) is 5.32 Å². The Balaban J connectivity index is 2.76. The summed E-state index contributed by atoms with van der Waals surface area (Å²) in [6.07, 6.45) is 6.83. The Bertz CT molecular complexity index is 427. The molecule has 90 valence electrons. The van der Waals surface area contributed by atoms with Gasteiger partial charge in [-0.15, -0.1) is 0 Å². The number of hydrogen-bond donors (Lipinski definition) is 2. The van der Waals surface area contributed by atoms with E-state index in [9.17, 15) is 0 Å². The van der Waals surface area contributed by atoms with Crippen molar-refractivity contribution in [3.8, 4) is 0 Å². The van der Waals surface area contributed by atoms with Crippen molar-refractivity contribution in [3.63, 3.8) is 0 Å². The Morgan fingerprint density at radius 3 is 2.88 bits per heavy atom. The zero-order chi connectivity index (χ0) is 12.7. The number of nitrogens with two attached hydrogens (primary N) is 1. The van der Waals surface area contributed by atoms with Gasteiger partial charge >= 0.3 is 0 Å². The van der Waals surface area contributed by atoms with Gasteiger partial charge < -0.3 is 11.1 Å². The van der Waals surface area contributed by atoms with Crippen molar-refractivity contribution >= 4 is 11.6 Å². The molecule has 0 heterocycles. The summed E-state index contributed by atoms with van der Waals surface area (Å²) in [6, 6.07) is 5.88. The molecule has 0 fully saturated rings. The van der Waals surface area contributed by atoms with E-state index in [1.807, 2.05) is 31.2 Å². The highest BCUT2D eigenvalue weighted by atomic mass is 35.5. The third-order valence-corrected chi connectivity index (χ3v) is 2.78. The molecule has 1 aromatic rings. The topological polar surface area (TPSA) is 38.0 Å². The van der Waals surface area contributed by atoms with E-state index in [2.05, 4.69) is 11.9 Å². The first-order chi connectivity index (χ1) is 8.19. The molecule has 0 aliphatic carbocycles. The molecule has 3 heteroatoms. The summed E-state index contributed by atoms with van der Waals surface area (Å²) >= 11 is 6.14. The molecule has 0 aliphatic heterocycles. The van der Waals surface area contributed by atoms with E-state index in [1.54, 1.807) is 12.2 Å². The molecule has 0 aromatic heterocycles. The van der Waals surface area contributed by atoms with Crippen LogP contribution < -0.4 is 11.1 Å². The van der Waals surface area contributed by atoms with Gasteiger partial charge in [0.1, 0.15) is 0 Å². The van der Waals surface area contributed by atoms with Gasteiger partial charge in [0.25, 0.3) is 0 Å². The van der Waals surface area contributed by atoms with E-state index in [0.29, 0.717) is 6.54 Å². The fourth-order valence-corrected chi connectivity index (χ4v) is 1.73. The second-order valence-corrected chi connectivity index (χ2v) is 4.01. The molecule has 0 aliphatic rings. The van der Waals surface area contributed by atoms with Crippen LogP contribution in [0.4, 0.5) is 0 Å². The predicted molar refractivity (Wildman–Crippen MR) is 74.6 cm³/mol. The van der Waals surface area contributed by atoms with Crippen LogP contribution in [0, 0.1) is 6.92 Å². The van der Waals surface area contributed by atoms with Gasteiger partial charge in [-0.25, -0.2) is 0 Å². The quantitative estimate of drug-likeness (QED) is 0.785. The molecule has 3 N–H and O–H groups in total. The minimum atomic E-state index is 0.668.